The normalized spacial score (nSPS) is 12.9. The number of hydrogen-bond acceptors (Lipinski definition) is 3. The lowest BCUT2D eigenvalue weighted by Crippen LogP contribution is -2.41. The van der Waals surface area contributed by atoms with Crippen molar-refractivity contribution in [3.63, 3.8) is 0 Å². The van der Waals surface area contributed by atoms with Crippen molar-refractivity contribution >= 4 is 5.91 Å². The van der Waals surface area contributed by atoms with E-state index in [1.165, 1.54) is 0 Å². The Hall–Kier alpha value is -0.610. The van der Waals surface area contributed by atoms with Gasteiger partial charge in [-0.15, -0.1) is 0 Å². The summed E-state index contributed by atoms with van der Waals surface area (Å²) in [6.07, 6.45) is 3.59. The number of nitrogens with one attached hydrogen (secondary N) is 1. The molecule has 1 amide bonds. The molecular weight excluding hydrogens is 190 g/mol. The monoisotopic (exact) mass is 215 g/mol. The maximum atomic E-state index is 11.5. The molecule has 0 spiro atoms. The van der Waals surface area contributed by atoms with Crippen molar-refractivity contribution in [2.75, 3.05) is 13.1 Å². The highest BCUT2D eigenvalue weighted by Gasteiger charge is 2.11. The van der Waals surface area contributed by atoms with Crippen molar-refractivity contribution < 1.29 is 4.79 Å². The molecule has 0 aromatic rings. The van der Waals surface area contributed by atoms with Crippen LogP contribution in [0.1, 0.15) is 39.5 Å². The Morgan fingerprint density at radius 1 is 1.27 bits per heavy atom. The Morgan fingerprint density at radius 2 is 1.93 bits per heavy atom. The average molecular weight is 215 g/mol. The summed E-state index contributed by atoms with van der Waals surface area (Å²) in [6, 6.07) is -0.372. The molecule has 5 N–H and O–H groups in total. The number of carbonyl (C=O) groups is 1. The number of amides is 1. The van der Waals surface area contributed by atoms with Crippen molar-refractivity contribution in [2.45, 2.75) is 45.6 Å². The molecular formula is C11H25N3O. The first-order chi connectivity index (χ1) is 7.07. The summed E-state index contributed by atoms with van der Waals surface area (Å²) in [5.41, 5.74) is 11.1. The van der Waals surface area contributed by atoms with E-state index in [9.17, 15) is 4.79 Å². The zero-order valence-electron chi connectivity index (χ0n) is 9.96. The predicted octanol–water partition coefficient (Wildman–Crippen LogP) is 0.605. The van der Waals surface area contributed by atoms with E-state index in [2.05, 4.69) is 19.2 Å². The quantitative estimate of drug-likeness (QED) is 0.519. The topological polar surface area (TPSA) is 81.1 Å². The molecule has 0 saturated heterocycles. The van der Waals surface area contributed by atoms with Crippen LogP contribution in [-0.2, 0) is 4.79 Å². The van der Waals surface area contributed by atoms with Gasteiger partial charge in [0.1, 0.15) is 0 Å². The molecule has 90 valence electrons. The summed E-state index contributed by atoms with van der Waals surface area (Å²) in [7, 11) is 0. The molecule has 4 heteroatoms. The minimum atomic E-state index is -0.372. The van der Waals surface area contributed by atoms with Crippen molar-refractivity contribution in [3.8, 4) is 0 Å². The van der Waals surface area contributed by atoms with Crippen molar-refractivity contribution in [1.82, 2.24) is 5.32 Å². The third-order valence-corrected chi connectivity index (χ3v) is 2.33. The molecule has 15 heavy (non-hydrogen) atoms. The van der Waals surface area contributed by atoms with Crippen LogP contribution in [-0.4, -0.2) is 25.0 Å². The lowest BCUT2D eigenvalue weighted by atomic mass is 10.1. The summed E-state index contributed by atoms with van der Waals surface area (Å²) in [5, 5.41) is 2.85. The highest BCUT2D eigenvalue weighted by Crippen LogP contribution is 1.99. The minimum absolute atomic E-state index is 0.0346. The van der Waals surface area contributed by atoms with Crippen molar-refractivity contribution in [1.29, 1.82) is 0 Å². The van der Waals surface area contributed by atoms with Crippen LogP contribution in [0.4, 0.5) is 0 Å². The highest BCUT2D eigenvalue weighted by atomic mass is 16.2. The van der Waals surface area contributed by atoms with Crippen LogP contribution in [0.5, 0.6) is 0 Å². The second kappa shape index (κ2) is 8.68. The van der Waals surface area contributed by atoms with Gasteiger partial charge in [-0.05, 0) is 31.7 Å². The van der Waals surface area contributed by atoms with Crippen molar-refractivity contribution in [2.24, 2.45) is 17.4 Å². The van der Waals surface area contributed by atoms with Gasteiger partial charge < -0.3 is 16.8 Å². The number of rotatable bonds is 8. The molecule has 0 fully saturated rings. The van der Waals surface area contributed by atoms with E-state index in [1.54, 1.807) is 0 Å². The van der Waals surface area contributed by atoms with Gasteiger partial charge in [-0.1, -0.05) is 20.3 Å². The zero-order valence-corrected chi connectivity index (χ0v) is 9.96. The van der Waals surface area contributed by atoms with Crippen LogP contribution in [0.25, 0.3) is 0 Å². The molecule has 0 aromatic carbocycles. The lowest BCUT2D eigenvalue weighted by Gasteiger charge is -2.12. The fourth-order valence-corrected chi connectivity index (χ4v) is 1.25. The van der Waals surface area contributed by atoms with Gasteiger partial charge in [0.25, 0.3) is 0 Å². The van der Waals surface area contributed by atoms with Crippen LogP contribution < -0.4 is 16.8 Å². The number of nitrogens with two attached hydrogens (primary N) is 2. The van der Waals surface area contributed by atoms with Crippen LogP contribution in [0.3, 0.4) is 0 Å². The van der Waals surface area contributed by atoms with Gasteiger partial charge >= 0.3 is 0 Å². The molecule has 0 saturated carbocycles. The maximum Gasteiger partial charge on any atom is 0.236 e. The van der Waals surface area contributed by atoms with Crippen LogP contribution in [0, 0.1) is 5.92 Å². The Kier molecular flexibility index (Phi) is 8.33. The van der Waals surface area contributed by atoms with Gasteiger partial charge in [0.2, 0.25) is 5.91 Å². The summed E-state index contributed by atoms with van der Waals surface area (Å²) in [6.45, 7) is 5.66. The zero-order chi connectivity index (χ0) is 11.7. The van der Waals surface area contributed by atoms with E-state index in [1.807, 2.05) is 0 Å². The summed E-state index contributed by atoms with van der Waals surface area (Å²) >= 11 is 0. The van der Waals surface area contributed by atoms with Crippen LogP contribution in [0.15, 0.2) is 0 Å². The molecule has 0 heterocycles. The highest BCUT2D eigenvalue weighted by molar-refractivity contribution is 5.81. The third kappa shape index (κ3) is 8.39. The molecule has 4 nitrogen and oxygen atoms in total. The van der Waals surface area contributed by atoms with Gasteiger partial charge in [-0.25, -0.2) is 0 Å². The summed E-state index contributed by atoms with van der Waals surface area (Å²) in [5.74, 6) is 0.575. The Labute approximate surface area is 92.8 Å². The lowest BCUT2D eigenvalue weighted by molar-refractivity contribution is -0.122. The number of carbonyl (C=O) groups excluding carboxylic acids is 1. The van der Waals surface area contributed by atoms with Gasteiger partial charge in [-0.2, -0.15) is 0 Å². The Bertz CT molecular complexity index is 171. The Balaban J connectivity index is 3.51. The second-order valence-corrected chi connectivity index (χ2v) is 4.36. The molecule has 0 aliphatic rings. The van der Waals surface area contributed by atoms with Gasteiger partial charge in [0.05, 0.1) is 6.04 Å². The van der Waals surface area contributed by atoms with E-state index in [-0.39, 0.29) is 11.9 Å². The summed E-state index contributed by atoms with van der Waals surface area (Å²) < 4.78 is 0. The average Bonchev–Trinajstić information content (AvgIpc) is 2.17. The molecule has 1 atom stereocenters. The SMILES string of the molecule is CC(C)CCNC(=O)C(N)CCCCN. The number of hydrogen-bond donors (Lipinski definition) is 3. The summed E-state index contributed by atoms with van der Waals surface area (Å²) in [4.78, 5) is 11.5. The molecule has 0 radical (unpaired) electrons. The van der Waals surface area contributed by atoms with Crippen LogP contribution in [0.2, 0.25) is 0 Å². The van der Waals surface area contributed by atoms with E-state index in [4.69, 9.17) is 11.5 Å². The molecule has 0 bridgehead atoms. The maximum absolute atomic E-state index is 11.5. The first-order valence-corrected chi connectivity index (χ1v) is 5.81. The molecule has 0 rings (SSSR count). The fourth-order valence-electron chi connectivity index (χ4n) is 1.25. The van der Waals surface area contributed by atoms with E-state index < -0.39 is 0 Å². The standard InChI is InChI=1S/C11H25N3O/c1-9(2)6-8-14-11(15)10(13)5-3-4-7-12/h9-10H,3-8,12-13H2,1-2H3,(H,14,15). The number of unbranched alkanes of at least 4 members (excludes halogenated alkanes) is 1. The van der Waals surface area contributed by atoms with E-state index in [0.29, 0.717) is 12.5 Å². The third-order valence-electron chi connectivity index (χ3n) is 2.33. The van der Waals surface area contributed by atoms with Crippen LogP contribution >= 0.6 is 0 Å². The molecule has 0 aromatic heterocycles. The van der Waals surface area contributed by atoms with Gasteiger partial charge in [0, 0.05) is 6.54 Å². The van der Waals surface area contributed by atoms with E-state index >= 15 is 0 Å². The van der Waals surface area contributed by atoms with Gasteiger partial charge in [0.15, 0.2) is 0 Å². The Morgan fingerprint density at radius 3 is 2.47 bits per heavy atom. The first kappa shape index (κ1) is 14.4. The smallest absolute Gasteiger partial charge is 0.236 e. The first-order valence-electron chi connectivity index (χ1n) is 5.81. The molecule has 0 aliphatic carbocycles. The second-order valence-electron chi connectivity index (χ2n) is 4.36. The van der Waals surface area contributed by atoms with E-state index in [0.717, 1.165) is 32.2 Å². The minimum Gasteiger partial charge on any atom is -0.355 e. The largest absolute Gasteiger partial charge is 0.355 e. The fraction of sp³-hybridized carbons (Fsp3) is 0.909. The molecule has 1 unspecified atom stereocenters. The van der Waals surface area contributed by atoms with Gasteiger partial charge in [-0.3, -0.25) is 4.79 Å². The predicted molar refractivity (Wildman–Crippen MR) is 63.3 cm³/mol. The molecule has 0 aliphatic heterocycles. The van der Waals surface area contributed by atoms with Crippen molar-refractivity contribution in [3.05, 3.63) is 0 Å².